The van der Waals surface area contributed by atoms with E-state index in [4.69, 9.17) is 23.2 Å². The third-order valence-corrected chi connectivity index (χ3v) is 2.28. The van der Waals surface area contributed by atoms with Gasteiger partial charge in [0.05, 0.1) is 11.5 Å². The van der Waals surface area contributed by atoms with Gasteiger partial charge in [0, 0.05) is 16.7 Å². The van der Waals surface area contributed by atoms with Gasteiger partial charge >= 0.3 is 0 Å². The molecule has 0 heterocycles. The summed E-state index contributed by atoms with van der Waals surface area (Å²) >= 11 is 11.1. The zero-order chi connectivity index (χ0) is 13.0. The maximum atomic E-state index is 11.5. The van der Waals surface area contributed by atoms with Crippen LogP contribution in [0.25, 0.3) is 0 Å². The topological polar surface area (TPSA) is 72.2 Å². The average Bonchev–Trinajstić information content (AvgIpc) is 2.25. The number of nitrogens with one attached hydrogen (secondary N) is 1. The summed E-state index contributed by atoms with van der Waals surface area (Å²) in [6, 6.07) is 3.72. The Morgan fingerprint density at radius 1 is 1.53 bits per heavy atom. The normalized spacial score (nSPS) is 9.76. The smallest absolute Gasteiger partial charge is 0.287 e. The molecular formula is C10H8Cl2N2O3. The second-order valence-electron chi connectivity index (χ2n) is 3.12. The van der Waals surface area contributed by atoms with Crippen LogP contribution >= 0.6 is 23.2 Å². The number of nitro groups is 1. The Morgan fingerprint density at radius 2 is 2.18 bits per heavy atom. The van der Waals surface area contributed by atoms with Gasteiger partial charge in [-0.2, -0.15) is 0 Å². The van der Waals surface area contributed by atoms with E-state index in [1.165, 1.54) is 18.2 Å². The molecule has 0 saturated carbocycles. The molecule has 0 spiro atoms. The average molecular weight is 275 g/mol. The van der Waals surface area contributed by atoms with E-state index in [0.29, 0.717) is 0 Å². The molecule has 1 N–H and O–H groups in total. The largest absolute Gasteiger partial charge is 0.347 e. The summed E-state index contributed by atoms with van der Waals surface area (Å²) in [4.78, 5) is 21.4. The van der Waals surface area contributed by atoms with Crippen LogP contribution in [0.1, 0.15) is 10.4 Å². The van der Waals surface area contributed by atoms with E-state index in [1.807, 2.05) is 0 Å². The molecule has 90 valence electrons. The summed E-state index contributed by atoms with van der Waals surface area (Å²) in [5.74, 6) is -0.427. The van der Waals surface area contributed by atoms with Crippen LogP contribution in [0.2, 0.25) is 5.02 Å². The Kier molecular flexibility index (Phi) is 4.48. The van der Waals surface area contributed by atoms with Gasteiger partial charge < -0.3 is 5.32 Å². The Morgan fingerprint density at radius 3 is 2.65 bits per heavy atom. The van der Waals surface area contributed by atoms with E-state index in [2.05, 4.69) is 11.9 Å². The first-order valence-electron chi connectivity index (χ1n) is 4.47. The molecule has 1 aromatic rings. The van der Waals surface area contributed by atoms with Crippen molar-refractivity contribution in [3.8, 4) is 0 Å². The van der Waals surface area contributed by atoms with Crippen LogP contribution in [0, 0.1) is 10.1 Å². The number of hydrogen-bond donors (Lipinski definition) is 1. The molecule has 5 nitrogen and oxygen atoms in total. The van der Waals surface area contributed by atoms with E-state index in [1.54, 1.807) is 0 Å². The minimum absolute atomic E-state index is 0.0904. The van der Waals surface area contributed by atoms with Crippen LogP contribution in [-0.4, -0.2) is 17.4 Å². The number of rotatable bonds is 4. The summed E-state index contributed by atoms with van der Waals surface area (Å²) < 4.78 is 0. The molecule has 1 rings (SSSR count). The summed E-state index contributed by atoms with van der Waals surface area (Å²) in [5.41, 5.74) is -0.0245. The number of carbonyl (C=O) groups is 1. The lowest BCUT2D eigenvalue weighted by molar-refractivity contribution is -0.384. The van der Waals surface area contributed by atoms with Crippen LogP contribution in [0.15, 0.2) is 29.8 Å². The third-order valence-electron chi connectivity index (χ3n) is 1.85. The molecule has 17 heavy (non-hydrogen) atoms. The first kappa shape index (κ1) is 13.5. The number of benzene rings is 1. The molecule has 0 unspecified atom stereocenters. The van der Waals surface area contributed by atoms with Crippen LogP contribution in [0.5, 0.6) is 0 Å². The molecule has 0 saturated heterocycles. The van der Waals surface area contributed by atoms with Crippen molar-refractivity contribution < 1.29 is 9.72 Å². The van der Waals surface area contributed by atoms with Crippen molar-refractivity contribution in [3.05, 3.63) is 50.5 Å². The van der Waals surface area contributed by atoms with Gasteiger partial charge in [0.2, 0.25) is 0 Å². The molecule has 0 aliphatic heterocycles. The minimum Gasteiger partial charge on any atom is -0.347 e. The number of halogens is 2. The Balaban J connectivity index is 2.86. The Bertz CT molecular complexity index is 488. The predicted molar refractivity (Wildman–Crippen MR) is 65.4 cm³/mol. The summed E-state index contributed by atoms with van der Waals surface area (Å²) in [6.07, 6.45) is 0. The van der Waals surface area contributed by atoms with E-state index < -0.39 is 10.8 Å². The third kappa shape index (κ3) is 3.72. The molecule has 0 bridgehead atoms. The second kappa shape index (κ2) is 5.65. The molecule has 0 aliphatic carbocycles. The maximum absolute atomic E-state index is 11.5. The van der Waals surface area contributed by atoms with Crippen LogP contribution < -0.4 is 5.32 Å². The second-order valence-corrected chi connectivity index (χ2v) is 4.06. The Hall–Kier alpha value is -1.59. The lowest BCUT2D eigenvalue weighted by Gasteiger charge is -2.04. The molecule has 7 heteroatoms. The van der Waals surface area contributed by atoms with E-state index in [9.17, 15) is 14.9 Å². The number of nitro benzene ring substituents is 1. The minimum atomic E-state index is -0.620. The van der Waals surface area contributed by atoms with Crippen LogP contribution in [-0.2, 0) is 0 Å². The van der Waals surface area contributed by atoms with Crippen molar-refractivity contribution in [2.24, 2.45) is 0 Å². The first-order valence-corrected chi connectivity index (χ1v) is 5.23. The van der Waals surface area contributed by atoms with Crippen molar-refractivity contribution in [1.82, 2.24) is 5.32 Å². The van der Waals surface area contributed by atoms with Crippen molar-refractivity contribution >= 4 is 34.8 Å². The fourth-order valence-electron chi connectivity index (χ4n) is 1.07. The molecule has 0 radical (unpaired) electrons. The molecule has 0 aliphatic rings. The van der Waals surface area contributed by atoms with E-state index >= 15 is 0 Å². The molecule has 0 atom stereocenters. The monoisotopic (exact) mass is 274 g/mol. The van der Waals surface area contributed by atoms with Gasteiger partial charge in [0.1, 0.15) is 5.02 Å². The molecule has 1 aromatic carbocycles. The lowest BCUT2D eigenvalue weighted by atomic mass is 10.2. The van der Waals surface area contributed by atoms with Crippen molar-refractivity contribution in [1.29, 1.82) is 0 Å². The van der Waals surface area contributed by atoms with Gasteiger partial charge in [-0.25, -0.2) is 0 Å². The summed E-state index contributed by atoms with van der Waals surface area (Å²) in [7, 11) is 0. The highest BCUT2D eigenvalue weighted by Gasteiger charge is 2.14. The van der Waals surface area contributed by atoms with Gasteiger partial charge in [-0.1, -0.05) is 29.8 Å². The lowest BCUT2D eigenvalue weighted by Crippen LogP contribution is -2.24. The molecule has 1 amide bonds. The van der Waals surface area contributed by atoms with E-state index in [-0.39, 0.29) is 27.9 Å². The first-order chi connectivity index (χ1) is 7.91. The zero-order valence-corrected chi connectivity index (χ0v) is 10.1. The van der Waals surface area contributed by atoms with E-state index in [0.717, 1.165) is 0 Å². The predicted octanol–water partition coefficient (Wildman–Crippen LogP) is 2.73. The van der Waals surface area contributed by atoms with Crippen molar-refractivity contribution in [3.63, 3.8) is 0 Å². The van der Waals surface area contributed by atoms with Crippen molar-refractivity contribution in [2.75, 3.05) is 6.54 Å². The highest BCUT2D eigenvalue weighted by molar-refractivity contribution is 6.33. The summed E-state index contributed by atoms with van der Waals surface area (Å²) in [6.45, 7) is 3.53. The van der Waals surface area contributed by atoms with Gasteiger partial charge in [-0.3, -0.25) is 14.9 Å². The standard InChI is InChI=1S/C10H8Cl2N2O3/c1-6(11)5-13-10(15)7-2-3-9(14(16)17)8(12)4-7/h2-4H,1,5H2,(H,13,15). The number of hydrogen-bond acceptors (Lipinski definition) is 3. The quantitative estimate of drug-likeness (QED) is 0.678. The molecular weight excluding hydrogens is 267 g/mol. The Labute approximate surface area is 107 Å². The number of amides is 1. The number of carbonyl (C=O) groups excluding carboxylic acids is 1. The maximum Gasteiger partial charge on any atom is 0.287 e. The SMILES string of the molecule is C=C(Cl)CNC(=O)c1ccc([N+](=O)[O-])c(Cl)c1. The highest BCUT2D eigenvalue weighted by Crippen LogP contribution is 2.24. The number of nitrogens with zero attached hydrogens (tertiary/aromatic N) is 1. The molecule has 0 aromatic heterocycles. The van der Waals surface area contributed by atoms with Crippen LogP contribution in [0.3, 0.4) is 0 Å². The van der Waals surface area contributed by atoms with Gasteiger partial charge in [-0.15, -0.1) is 0 Å². The highest BCUT2D eigenvalue weighted by atomic mass is 35.5. The zero-order valence-electron chi connectivity index (χ0n) is 8.57. The van der Waals surface area contributed by atoms with Crippen molar-refractivity contribution in [2.45, 2.75) is 0 Å². The summed E-state index contributed by atoms with van der Waals surface area (Å²) in [5, 5.41) is 13.2. The fraction of sp³-hybridized carbons (Fsp3) is 0.100. The fourth-order valence-corrected chi connectivity index (χ4v) is 1.39. The molecule has 0 fully saturated rings. The van der Waals surface area contributed by atoms with Gasteiger partial charge in [0.15, 0.2) is 0 Å². The van der Waals surface area contributed by atoms with Gasteiger partial charge in [-0.05, 0) is 12.1 Å². The van der Waals surface area contributed by atoms with Crippen LogP contribution in [0.4, 0.5) is 5.69 Å². The van der Waals surface area contributed by atoms with Gasteiger partial charge in [0.25, 0.3) is 11.6 Å².